The molecule has 0 aromatic carbocycles. The lowest BCUT2D eigenvalue weighted by molar-refractivity contribution is 0.477. The molecule has 88 valence electrons. The van der Waals surface area contributed by atoms with E-state index in [0.717, 1.165) is 12.4 Å². The lowest BCUT2D eigenvalue weighted by Crippen LogP contribution is -2.24. The first kappa shape index (κ1) is 10.3. The molecule has 1 atom stereocenters. The maximum absolute atomic E-state index is 4.39. The second-order valence-corrected chi connectivity index (χ2v) is 5.06. The van der Waals surface area contributed by atoms with E-state index in [9.17, 15) is 0 Å². The number of aryl methyl sites for hydroxylation is 1. The highest BCUT2D eigenvalue weighted by atomic mass is 15.3. The van der Waals surface area contributed by atoms with Crippen molar-refractivity contribution in [3.63, 3.8) is 0 Å². The zero-order chi connectivity index (χ0) is 11.0. The van der Waals surface area contributed by atoms with Crippen LogP contribution in [0.5, 0.6) is 0 Å². The number of nitrogens with zero attached hydrogens (tertiary/aromatic N) is 3. The Labute approximate surface area is 96.4 Å². The summed E-state index contributed by atoms with van der Waals surface area (Å²) >= 11 is 0. The predicted octanol–water partition coefficient (Wildman–Crippen LogP) is 2.13. The molecule has 2 fully saturated rings. The third-order valence-electron chi connectivity index (χ3n) is 3.68. The zero-order valence-corrected chi connectivity index (χ0v) is 9.95. The van der Waals surface area contributed by atoms with Crippen LogP contribution >= 0.6 is 0 Å². The Morgan fingerprint density at radius 1 is 1.12 bits per heavy atom. The van der Waals surface area contributed by atoms with E-state index in [1.54, 1.807) is 0 Å². The van der Waals surface area contributed by atoms with Gasteiger partial charge in [0.15, 0.2) is 0 Å². The highest BCUT2D eigenvalue weighted by Gasteiger charge is 2.31. The van der Waals surface area contributed by atoms with Gasteiger partial charge in [0.1, 0.15) is 11.6 Å². The Hall–Kier alpha value is -0.900. The van der Waals surface area contributed by atoms with Crippen molar-refractivity contribution in [3.05, 3.63) is 11.6 Å². The van der Waals surface area contributed by atoms with Crippen molar-refractivity contribution in [3.8, 4) is 0 Å². The molecule has 4 heteroatoms. The summed E-state index contributed by atoms with van der Waals surface area (Å²) in [4.78, 5) is 0. The van der Waals surface area contributed by atoms with Crippen LogP contribution in [0, 0.1) is 6.92 Å². The third-order valence-corrected chi connectivity index (χ3v) is 3.68. The normalized spacial score (nSPS) is 26.7. The zero-order valence-electron chi connectivity index (χ0n) is 9.95. The number of aromatic nitrogens is 3. The van der Waals surface area contributed by atoms with Gasteiger partial charge in [0.2, 0.25) is 0 Å². The van der Waals surface area contributed by atoms with Gasteiger partial charge in [0.25, 0.3) is 0 Å². The van der Waals surface area contributed by atoms with Crippen LogP contribution in [0.2, 0.25) is 0 Å². The van der Waals surface area contributed by atoms with Crippen molar-refractivity contribution >= 4 is 0 Å². The summed E-state index contributed by atoms with van der Waals surface area (Å²) in [7, 11) is 0. The van der Waals surface area contributed by atoms with E-state index in [1.807, 2.05) is 0 Å². The average Bonchev–Trinajstić information content (AvgIpc) is 3.08. The molecule has 0 spiro atoms. The second kappa shape index (κ2) is 4.17. The van der Waals surface area contributed by atoms with Crippen LogP contribution in [0.4, 0.5) is 0 Å². The summed E-state index contributed by atoms with van der Waals surface area (Å²) in [5, 5.41) is 12.3. The van der Waals surface area contributed by atoms with Crippen LogP contribution in [-0.2, 0) is 0 Å². The van der Waals surface area contributed by atoms with Crippen molar-refractivity contribution in [2.45, 2.75) is 57.5 Å². The number of rotatable bonds is 2. The molecule has 0 amide bonds. The van der Waals surface area contributed by atoms with Gasteiger partial charge >= 0.3 is 0 Å². The summed E-state index contributed by atoms with van der Waals surface area (Å²) in [6.07, 6.45) is 7.78. The average molecular weight is 220 g/mol. The summed E-state index contributed by atoms with van der Waals surface area (Å²) < 4.78 is 2.36. The van der Waals surface area contributed by atoms with Crippen LogP contribution in [0.3, 0.4) is 0 Å². The quantitative estimate of drug-likeness (QED) is 0.830. The predicted molar refractivity (Wildman–Crippen MR) is 62.2 cm³/mol. The fourth-order valence-corrected chi connectivity index (χ4v) is 2.66. The highest BCUT2D eigenvalue weighted by Crippen LogP contribution is 2.38. The van der Waals surface area contributed by atoms with E-state index in [4.69, 9.17) is 0 Å². The number of hydrogen-bond donors (Lipinski definition) is 1. The molecular weight excluding hydrogens is 200 g/mol. The van der Waals surface area contributed by atoms with E-state index in [0.29, 0.717) is 12.1 Å². The topological polar surface area (TPSA) is 42.7 Å². The van der Waals surface area contributed by atoms with Crippen molar-refractivity contribution < 1.29 is 0 Å². The number of nitrogens with one attached hydrogen (secondary N) is 1. The minimum atomic E-state index is 0.435. The van der Waals surface area contributed by atoms with Crippen molar-refractivity contribution in [2.75, 3.05) is 6.54 Å². The van der Waals surface area contributed by atoms with Gasteiger partial charge in [-0.2, -0.15) is 0 Å². The summed E-state index contributed by atoms with van der Waals surface area (Å²) in [5.41, 5.74) is 0. The molecule has 1 saturated heterocycles. The van der Waals surface area contributed by atoms with Gasteiger partial charge in [-0.15, -0.1) is 10.2 Å². The van der Waals surface area contributed by atoms with Crippen molar-refractivity contribution in [1.82, 2.24) is 20.1 Å². The molecule has 0 bridgehead atoms. The number of hydrogen-bond acceptors (Lipinski definition) is 3. The monoisotopic (exact) mass is 220 g/mol. The smallest absolute Gasteiger partial charge is 0.150 e. The van der Waals surface area contributed by atoms with Gasteiger partial charge in [-0.1, -0.05) is 12.8 Å². The van der Waals surface area contributed by atoms with Crippen molar-refractivity contribution in [2.24, 2.45) is 0 Å². The largest absolute Gasteiger partial charge is 0.311 e. The van der Waals surface area contributed by atoms with E-state index in [1.165, 1.54) is 44.3 Å². The molecule has 1 saturated carbocycles. The molecule has 3 rings (SSSR count). The Kier molecular flexibility index (Phi) is 2.67. The Balaban J connectivity index is 1.86. The molecule has 1 aliphatic heterocycles. The highest BCUT2D eigenvalue weighted by molar-refractivity contribution is 5.06. The first-order valence-corrected chi connectivity index (χ1v) is 6.51. The summed E-state index contributed by atoms with van der Waals surface area (Å²) in [5.74, 6) is 2.27. The van der Waals surface area contributed by atoms with E-state index >= 15 is 0 Å². The fraction of sp³-hybridized carbons (Fsp3) is 0.833. The Morgan fingerprint density at radius 3 is 2.81 bits per heavy atom. The SMILES string of the molecule is Cc1nnc(C2CCCCCN2)n1C1CC1. The molecule has 2 heterocycles. The van der Waals surface area contributed by atoms with Crippen LogP contribution in [-0.4, -0.2) is 21.3 Å². The minimum Gasteiger partial charge on any atom is -0.311 e. The maximum atomic E-state index is 4.39. The van der Waals surface area contributed by atoms with Crippen LogP contribution < -0.4 is 5.32 Å². The molecule has 0 radical (unpaired) electrons. The van der Waals surface area contributed by atoms with E-state index in [2.05, 4.69) is 27.0 Å². The van der Waals surface area contributed by atoms with Gasteiger partial charge in [-0.25, -0.2) is 0 Å². The van der Waals surface area contributed by atoms with Gasteiger partial charge in [0, 0.05) is 6.04 Å². The molecule has 1 aromatic rings. The standard InChI is InChI=1S/C12H20N4/c1-9-14-15-12(16(9)10-6-7-10)11-5-3-2-4-8-13-11/h10-11,13H,2-8H2,1H3. The lowest BCUT2D eigenvalue weighted by Gasteiger charge is -2.16. The van der Waals surface area contributed by atoms with Crippen LogP contribution in [0.1, 0.15) is 62.3 Å². The first-order valence-electron chi connectivity index (χ1n) is 6.51. The van der Waals surface area contributed by atoms with Crippen molar-refractivity contribution in [1.29, 1.82) is 0 Å². The second-order valence-electron chi connectivity index (χ2n) is 5.06. The Bertz CT molecular complexity index is 359. The first-order chi connectivity index (χ1) is 7.86. The van der Waals surface area contributed by atoms with Gasteiger partial charge in [-0.05, 0) is 39.2 Å². The molecule has 1 aliphatic carbocycles. The molecule has 1 N–H and O–H groups in total. The molecule has 1 unspecified atom stereocenters. The van der Waals surface area contributed by atoms with Crippen LogP contribution in [0.25, 0.3) is 0 Å². The molecule has 1 aromatic heterocycles. The molecule has 16 heavy (non-hydrogen) atoms. The van der Waals surface area contributed by atoms with Gasteiger partial charge < -0.3 is 9.88 Å². The molecular formula is C12H20N4. The molecule has 2 aliphatic rings. The summed E-state index contributed by atoms with van der Waals surface area (Å²) in [6.45, 7) is 3.20. The summed E-state index contributed by atoms with van der Waals surface area (Å²) in [6, 6.07) is 1.12. The Morgan fingerprint density at radius 2 is 2.00 bits per heavy atom. The molecule has 4 nitrogen and oxygen atoms in total. The lowest BCUT2D eigenvalue weighted by atomic mass is 10.1. The minimum absolute atomic E-state index is 0.435. The van der Waals surface area contributed by atoms with E-state index in [-0.39, 0.29) is 0 Å². The fourth-order valence-electron chi connectivity index (χ4n) is 2.66. The van der Waals surface area contributed by atoms with Crippen LogP contribution in [0.15, 0.2) is 0 Å². The van der Waals surface area contributed by atoms with Gasteiger partial charge in [-0.3, -0.25) is 0 Å². The maximum Gasteiger partial charge on any atom is 0.150 e. The van der Waals surface area contributed by atoms with Gasteiger partial charge in [0.05, 0.1) is 6.04 Å². The van der Waals surface area contributed by atoms with E-state index < -0.39 is 0 Å². The third kappa shape index (κ3) is 1.86.